The minimum atomic E-state index is -0.324. The number of ether oxygens (including phenoxy) is 1. The van der Waals surface area contributed by atoms with E-state index in [1.165, 1.54) is 0 Å². The monoisotopic (exact) mass is 124 g/mol. The molecule has 0 aromatic heterocycles. The molecule has 0 aromatic rings. The predicted molar refractivity (Wildman–Crippen MR) is 35.6 cm³/mol. The van der Waals surface area contributed by atoms with E-state index in [1.807, 2.05) is 0 Å². The quantitative estimate of drug-likeness (QED) is 0.418. The molecule has 0 atom stereocenters. The Kier molecular flexibility index (Phi) is 3.13. The summed E-state index contributed by atoms with van der Waals surface area (Å²) in [6, 6.07) is 0. The molecular weight excluding hydrogens is 116 g/mol. The second-order valence-electron chi connectivity index (χ2n) is 1.28. The molecule has 2 nitrogen and oxygen atoms in total. The van der Waals surface area contributed by atoms with Crippen molar-refractivity contribution in [1.82, 2.24) is 0 Å². The smallest absolute Gasteiger partial charge is 0.219 e. The highest BCUT2D eigenvalue weighted by molar-refractivity contribution is 6.01. The maximum Gasteiger partial charge on any atom is 0.219 e. The summed E-state index contributed by atoms with van der Waals surface area (Å²) in [7, 11) is 0. The summed E-state index contributed by atoms with van der Waals surface area (Å²) >= 11 is 0. The number of rotatable bonds is 4. The zero-order chi connectivity index (χ0) is 7.28. The fourth-order valence-electron chi connectivity index (χ4n) is 0.273. The van der Waals surface area contributed by atoms with Gasteiger partial charge in [0.2, 0.25) is 5.78 Å². The Bertz CT molecular complexity index is 156. The van der Waals surface area contributed by atoms with Crippen molar-refractivity contribution in [3.05, 3.63) is 37.8 Å². The Morgan fingerprint density at radius 3 is 2.33 bits per heavy atom. The zero-order valence-electron chi connectivity index (χ0n) is 5.09. The minimum Gasteiger partial charge on any atom is -0.462 e. The van der Waals surface area contributed by atoms with Crippen molar-refractivity contribution < 1.29 is 9.53 Å². The van der Waals surface area contributed by atoms with Crippen LogP contribution in [0.5, 0.6) is 0 Å². The largest absolute Gasteiger partial charge is 0.462 e. The minimum absolute atomic E-state index is 0.0417. The maximum atomic E-state index is 10.5. The van der Waals surface area contributed by atoms with Gasteiger partial charge in [-0.25, -0.2) is 0 Å². The van der Waals surface area contributed by atoms with Gasteiger partial charge >= 0.3 is 0 Å². The first-order valence-electron chi connectivity index (χ1n) is 2.35. The molecular formula is C7H8O2. The number of hydrogen-bond acceptors (Lipinski definition) is 2. The molecule has 0 aliphatic carbocycles. The Morgan fingerprint density at radius 1 is 1.44 bits per heavy atom. The van der Waals surface area contributed by atoms with Gasteiger partial charge in [0, 0.05) is 0 Å². The van der Waals surface area contributed by atoms with Crippen LogP contribution in [0.3, 0.4) is 0 Å². The molecule has 0 aliphatic rings. The first-order valence-corrected chi connectivity index (χ1v) is 2.35. The fraction of sp³-hybridized carbons (Fsp3) is 0. The second-order valence-corrected chi connectivity index (χ2v) is 1.28. The molecule has 0 aliphatic heterocycles. The molecule has 0 fully saturated rings. The Labute approximate surface area is 54.1 Å². The molecule has 0 radical (unpaired) electrons. The zero-order valence-corrected chi connectivity index (χ0v) is 5.09. The lowest BCUT2D eigenvalue weighted by Crippen LogP contribution is -1.96. The van der Waals surface area contributed by atoms with Gasteiger partial charge in [0.05, 0.1) is 6.26 Å². The first kappa shape index (κ1) is 7.69. The molecule has 9 heavy (non-hydrogen) atoms. The van der Waals surface area contributed by atoms with Gasteiger partial charge in [0.1, 0.15) is 0 Å². The maximum absolute atomic E-state index is 10.5. The van der Waals surface area contributed by atoms with Gasteiger partial charge in [0.25, 0.3) is 0 Å². The molecule has 0 rings (SSSR count). The highest BCUT2D eigenvalue weighted by Gasteiger charge is 1.99. The van der Waals surface area contributed by atoms with Crippen LogP contribution in [-0.4, -0.2) is 5.78 Å². The van der Waals surface area contributed by atoms with Crippen LogP contribution >= 0.6 is 0 Å². The van der Waals surface area contributed by atoms with Crippen LogP contribution in [0.4, 0.5) is 0 Å². The Morgan fingerprint density at radius 2 is 2.00 bits per heavy atom. The van der Waals surface area contributed by atoms with Gasteiger partial charge in [-0.3, -0.25) is 4.79 Å². The molecule has 0 saturated heterocycles. The second kappa shape index (κ2) is 3.66. The van der Waals surface area contributed by atoms with Gasteiger partial charge < -0.3 is 4.74 Å². The van der Waals surface area contributed by atoms with Crippen LogP contribution in [0.15, 0.2) is 37.8 Å². The first-order chi connectivity index (χ1) is 4.22. The Balaban J connectivity index is 3.87. The van der Waals surface area contributed by atoms with Crippen LogP contribution in [0.2, 0.25) is 0 Å². The lowest BCUT2D eigenvalue weighted by atomic mass is 10.3. The van der Waals surface area contributed by atoms with Crippen LogP contribution in [0, 0.1) is 0 Å². The van der Waals surface area contributed by atoms with Crippen molar-refractivity contribution in [3.8, 4) is 0 Å². The molecule has 0 bridgehead atoms. The average Bonchev–Trinajstić information content (AvgIpc) is 1.87. The molecule has 0 saturated carbocycles. The number of hydrogen-bond donors (Lipinski definition) is 0. The van der Waals surface area contributed by atoms with Gasteiger partial charge in [-0.2, -0.15) is 0 Å². The van der Waals surface area contributed by atoms with Crippen LogP contribution in [0.25, 0.3) is 0 Å². The van der Waals surface area contributed by atoms with Crippen molar-refractivity contribution in [2.45, 2.75) is 0 Å². The molecule has 0 spiro atoms. The lowest BCUT2D eigenvalue weighted by molar-refractivity contribution is -0.113. The molecule has 0 unspecified atom stereocenters. The molecule has 48 valence electrons. The van der Waals surface area contributed by atoms with E-state index in [1.54, 1.807) is 0 Å². The predicted octanol–water partition coefficient (Wildman–Crippen LogP) is 1.42. The fourth-order valence-corrected chi connectivity index (χ4v) is 0.273. The summed E-state index contributed by atoms with van der Waals surface area (Å²) < 4.78 is 4.54. The van der Waals surface area contributed by atoms with Gasteiger partial charge in [-0.15, -0.1) is 0 Å². The third-order valence-corrected chi connectivity index (χ3v) is 0.686. The van der Waals surface area contributed by atoms with Crippen molar-refractivity contribution in [3.63, 3.8) is 0 Å². The Hall–Kier alpha value is -1.31. The summed E-state index contributed by atoms with van der Waals surface area (Å²) in [5.41, 5.74) is 0. The number of carbonyl (C=O) groups is 1. The summed E-state index contributed by atoms with van der Waals surface area (Å²) in [6.45, 7) is 9.79. The van der Waals surface area contributed by atoms with Gasteiger partial charge in [0.15, 0.2) is 5.76 Å². The van der Waals surface area contributed by atoms with E-state index in [0.29, 0.717) is 0 Å². The third-order valence-electron chi connectivity index (χ3n) is 0.686. The van der Waals surface area contributed by atoms with E-state index in [4.69, 9.17) is 0 Å². The lowest BCUT2D eigenvalue weighted by Gasteiger charge is -1.95. The van der Waals surface area contributed by atoms with Crippen molar-refractivity contribution in [2.24, 2.45) is 0 Å². The molecule has 0 amide bonds. The van der Waals surface area contributed by atoms with Gasteiger partial charge in [-0.1, -0.05) is 19.7 Å². The number of allylic oxidation sites excluding steroid dienone is 1. The summed E-state index contributed by atoms with van der Waals surface area (Å²) in [5.74, 6) is -0.282. The highest BCUT2D eigenvalue weighted by atomic mass is 16.5. The average molecular weight is 124 g/mol. The van der Waals surface area contributed by atoms with Crippen molar-refractivity contribution in [2.75, 3.05) is 0 Å². The van der Waals surface area contributed by atoms with Crippen molar-refractivity contribution >= 4 is 5.78 Å². The highest BCUT2D eigenvalue weighted by Crippen LogP contribution is 1.94. The molecule has 0 N–H and O–H groups in total. The van der Waals surface area contributed by atoms with Crippen LogP contribution in [-0.2, 0) is 9.53 Å². The molecule has 0 heterocycles. The normalized spacial score (nSPS) is 7.56. The van der Waals surface area contributed by atoms with E-state index >= 15 is 0 Å². The third kappa shape index (κ3) is 2.49. The number of carbonyl (C=O) groups excluding carboxylic acids is 1. The van der Waals surface area contributed by atoms with Crippen LogP contribution in [0.1, 0.15) is 0 Å². The van der Waals surface area contributed by atoms with E-state index in [-0.39, 0.29) is 11.5 Å². The molecule has 0 aromatic carbocycles. The van der Waals surface area contributed by atoms with E-state index < -0.39 is 0 Å². The van der Waals surface area contributed by atoms with Crippen molar-refractivity contribution in [1.29, 1.82) is 0 Å². The summed E-state index contributed by atoms with van der Waals surface area (Å²) in [4.78, 5) is 10.5. The standard InChI is InChI=1S/C7H8O2/c1-4-7(8)6(3)9-5-2/h4-5H,1-3H2. The number of ketones is 1. The van der Waals surface area contributed by atoms with E-state index in [2.05, 4.69) is 24.5 Å². The molecule has 2 heteroatoms. The SMILES string of the molecule is C=COC(=C)C(=O)C=C. The summed E-state index contributed by atoms with van der Waals surface area (Å²) in [5, 5.41) is 0. The van der Waals surface area contributed by atoms with Gasteiger partial charge in [-0.05, 0) is 6.08 Å². The van der Waals surface area contributed by atoms with E-state index in [0.717, 1.165) is 12.3 Å². The van der Waals surface area contributed by atoms with Crippen LogP contribution < -0.4 is 0 Å². The van der Waals surface area contributed by atoms with E-state index in [9.17, 15) is 4.79 Å². The summed E-state index contributed by atoms with van der Waals surface area (Å²) in [6.07, 6.45) is 2.27. The topological polar surface area (TPSA) is 26.3 Å².